The Hall–Kier alpha value is -1.17. The summed E-state index contributed by atoms with van der Waals surface area (Å²) in [5.41, 5.74) is 0.359. The number of rotatable bonds is 9. The molecule has 0 aliphatic heterocycles. The summed E-state index contributed by atoms with van der Waals surface area (Å²) in [6.45, 7) is 16.3. The van der Waals surface area contributed by atoms with Crippen LogP contribution in [-0.4, -0.2) is 33.6 Å². The smallest absolute Gasteiger partial charge is 0.312 e. The minimum absolute atomic E-state index is 0.000862. The highest BCUT2D eigenvalue weighted by Gasteiger charge is 2.57. The van der Waals surface area contributed by atoms with Gasteiger partial charge in [-0.05, 0) is 43.5 Å². The average molecular weight is 421 g/mol. The Morgan fingerprint density at radius 3 is 2.38 bits per heavy atom. The number of carbonyl (C=O) groups excluding carboxylic acids is 1. The van der Waals surface area contributed by atoms with E-state index in [2.05, 4.69) is 52.9 Å². The minimum atomic E-state index is -2.17. The Balaban J connectivity index is 2.49. The van der Waals surface area contributed by atoms with E-state index >= 15 is 0 Å². The van der Waals surface area contributed by atoms with Gasteiger partial charge in [0.2, 0.25) is 0 Å². The second kappa shape index (κ2) is 9.76. The van der Waals surface area contributed by atoms with Crippen LogP contribution in [0.4, 0.5) is 0 Å². The number of hydrogen-bond acceptors (Lipinski definition) is 4. The van der Waals surface area contributed by atoms with E-state index in [0.29, 0.717) is 19.4 Å². The predicted molar refractivity (Wildman–Crippen MR) is 120 cm³/mol. The van der Waals surface area contributed by atoms with Crippen molar-refractivity contribution in [1.82, 2.24) is 0 Å². The van der Waals surface area contributed by atoms with Crippen molar-refractivity contribution in [2.75, 3.05) is 13.2 Å². The fraction of sp³-hybridized carbons (Fsp3) is 0.708. The first-order chi connectivity index (χ1) is 13.6. The predicted octanol–water partition coefficient (Wildman–Crippen LogP) is 6.06. The molecule has 0 spiro atoms. The molecule has 1 saturated carbocycles. The molecule has 4 nitrogen and oxygen atoms in total. The van der Waals surface area contributed by atoms with Crippen LogP contribution < -0.4 is 0 Å². The normalized spacial score (nSPS) is 25.2. The summed E-state index contributed by atoms with van der Waals surface area (Å²) < 4.78 is 18.8. The summed E-state index contributed by atoms with van der Waals surface area (Å²) in [6, 6.07) is 10.2. The molecule has 0 amide bonds. The minimum Gasteiger partial charge on any atom is -0.466 e. The second-order valence-corrected chi connectivity index (χ2v) is 14.4. The van der Waals surface area contributed by atoms with E-state index in [1.54, 1.807) is 0 Å². The van der Waals surface area contributed by atoms with Gasteiger partial charge in [0.15, 0.2) is 8.32 Å². The van der Waals surface area contributed by atoms with Gasteiger partial charge in [0, 0.05) is 13.0 Å². The number of unbranched alkanes of at least 4 members (excludes halogenated alkanes) is 1. The molecule has 1 aliphatic rings. The van der Waals surface area contributed by atoms with Crippen LogP contribution in [0.3, 0.4) is 0 Å². The van der Waals surface area contributed by atoms with Crippen molar-refractivity contribution in [1.29, 1.82) is 0 Å². The molecule has 164 valence electrons. The Kier molecular flexibility index (Phi) is 8.11. The third-order valence-electron chi connectivity index (χ3n) is 6.52. The lowest BCUT2D eigenvalue weighted by molar-refractivity contribution is -0.155. The maximum absolute atomic E-state index is 13.1. The lowest BCUT2D eigenvalue weighted by Crippen LogP contribution is -2.51. The van der Waals surface area contributed by atoms with E-state index < -0.39 is 13.9 Å². The van der Waals surface area contributed by atoms with Crippen molar-refractivity contribution in [3.05, 3.63) is 35.9 Å². The van der Waals surface area contributed by atoms with Crippen LogP contribution in [0.1, 0.15) is 65.9 Å². The largest absolute Gasteiger partial charge is 0.466 e. The van der Waals surface area contributed by atoms with Crippen LogP contribution in [0.2, 0.25) is 18.1 Å². The van der Waals surface area contributed by atoms with Crippen molar-refractivity contribution in [2.24, 2.45) is 5.92 Å². The number of esters is 1. The molecule has 0 N–H and O–H groups in total. The number of hydrogen-bond donors (Lipinski definition) is 0. The molecule has 3 atom stereocenters. The summed E-state index contributed by atoms with van der Waals surface area (Å²) in [4.78, 5) is 13.1. The Morgan fingerprint density at radius 2 is 1.83 bits per heavy atom. The molecule has 0 aromatic heterocycles. The molecule has 3 unspecified atom stereocenters. The first kappa shape index (κ1) is 24.1. The maximum atomic E-state index is 13.1. The quantitative estimate of drug-likeness (QED) is 0.277. The highest BCUT2D eigenvalue weighted by atomic mass is 28.4. The van der Waals surface area contributed by atoms with Gasteiger partial charge in [-0.1, -0.05) is 64.4 Å². The van der Waals surface area contributed by atoms with Crippen LogP contribution in [-0.2, 0) is 24.3 Å². The lowest BCUT2D eigenvalue weighted by Gasteiger charge is -2.46. The highest BCUT2D eigenvalue weighted by molar-refractivity contribution is 6.74. The summed E-state index contributed by atoms with van der Waals surface area (Å²) >= 11 is 0. The fourth-order valence-electron chi connectivity index (χ4n) is 3.89. The first-order valence-electron chi connectivity index (χ1n) is 11.1. The summed E-state index contributed by atoms with van der Waals surface area (Å²) in [5, 5.41) is 0.0369. The van der Waals surface area contributed by atoms with Crippen molar-refractivity contribution in [3.63, 3.8) is 0 Å². The number of carbonyl (C=O) groups is 1. The van der Waals surface area contributed by atoms with Crippen molar-refractivity contribution in [3.8, 4) is 0 Å². The molecule has 5 heteroatoms. The molecule has 0 heterocycles. The topological polar surface area (TPSA) is 44.8 Å². The molecule has 0 radical (unpaired) electrons. The van der Waals surface area contributed by atoms with Gasteiger partial charge >= 0.3 is 5.97 Å². The van der Waals surface area contributed by atoms with Crippen LogP contribution in [0.15, 0.2) is 30.3 Å². The zero-order chi connectivity index (χ0) is 21.7. The van der Waals surface area contributed by atoms with Gasteiger partial charge in [-0.25, -0.2) is 0 Å². The molecule has 1 aromatic rings. The van der Waals surface area contributed by atoms with E-state index in [0.717, 1.165) is 25.0 Å². The molecule has 1 aliphatic carbocycles. The van der Waals surface area contributed by atoms with Gasteiger partial charge in [0.1, 0.15) is 0 Å². The Bertz CT molecular complexity index is 653. The molecular formula is C24H40O4Si. The molecular weight excluding hydrogens is 380 g/mol. The monoisotopic (exact) mass is 420 g/mol. The van der Waals surface area contributed by atoms with Crippen LogP contribution in [0, 0.1) is 5.92 Å². The van der Waals surface area contributed by atoms with E-state index in [9.17, 15) is 4.79 Å². The summed E-state index contributed by atoms with van der Waals surface area (Å²) in [7, 11) is -2.17. The third-order valence-corrected chi connectivity index (χ3v) is 11.0. The van der Waals surface area contributed by atoms with Gasteiger partial charge in [-0.15, -0.1) is 0 Å². The second-order valence-electron chi connectivity index (χ2n) is 9.71. The van der Waals surface area contributed by atoms with Gasteiger partial charge in [-0.2, -0.15) is 0 Å². The zero-order valence-corrected chi connectivity index (χ0v) is 20.4. The van der Waals surface area contributed by atoms with Crippen LogP contribution in [0.25, 0.3) is 0 Å². The lowest BCUT2D eigenvalue weighted by atomic mass is 9.84. The molecule has 0 bridgehead atoms. The van der Waals surface area contributed by atoms with Crippen LogP contribution in [0.5, 0.6) is 0 Å². The maximum Gasteiger partial charge on any atom is 0.312 e. The van der Waals surface area contributed by atoms with E-state index in [1.165, 1.54) is 0 Å². The van der Waals surface area contributed by atoms with Gasteiger partial charge in [0.05, 0.1) is 24.2 Å². The average Bonchev–Trinajstić information content (AvgIpc) is 3.01. The third kappa shape index (κ3) is 5.50. The van der Waals surface area contributed by atoms with E-state index in [4.69, 9.17) is 13.9 Å². The highest BCUT2D eigenvalue weighted by Crippen LogP contribution is 2.52. The molecule has 1 aromatic carbocycles. The van der Waals surface area contributed by atoms with Gasteiger partial charge in [0.25, 0.3) is 0 Å². The summed E-state index contributed by atoms with van der Waals surface area (Å²) in [5.74, 6) is -0.526. The van der Waals surface area contributed by atoms with Gasteiger partial charge in [-0.3, -0.25) is 4.79 Å². The van der Waals surface area contributed by atoms with Crippen molar-refractivity contribution < 1.29 is 18.7 Å². The summed E-state index contributed by atoms with van der Waals surface area (Å²) in [6.07, 6.45) is 3.46. The SMILES string of the molecule is CCCCOC1CC(C(=O)OCC)C(O[Si](C)(C)C(C)(C)C)(c2ccccc2)C1. The standard InChI is InChI=1S/C24H40O4Si/c1-8-10-16-27-20-17-21(22(25)26-9-2)24(18-20,19-14-12-11-13-15-19)28-29(6,7)23(3,4)5/h11-15,20-21H,8-10,16-18H2,1-7H3. The van der Waals surface area contributed by atoms with E-state index in [1.807, 2.05) is 25.1 Å². The fourth-order valence-corrected chi connectivity index (χ4v) is 5.45. The molecule has 1 fully saturated rings. The first-order valence-corrected chi connectivity index (χ1v) is 14.0. The van der Waals surface area contributed by atoms with Crippen molar-refractivity contribution >= 4 is 14.3 Å². The molecule has 29 heavy (non-hydrogen) atoms. The molecule has 2 rings (SSSR count). The van der Waals surface area contributed by atoms with Gasteiger partial charge < -0.3 is 13.9 Å². The Labute approximate surface area is 178 Å². The number of ether oxygens (including phenoxy) is 2. The van der Waals surface area contributed by atoms with E-state index in [-0.39, 0.29) is 23.0 Å². The van der Waals surface area contributed by atoms with Crippen LogP contribution >= 0.6 is 0 Å². The van der Waals surface area contributed by atoms with Crippen molar-refractivity contribution in [2.45, 2.75) is 90.1 Å². The Morgan fingerprint density at radius 1 is 1.17 bits per heavy atom. The zero-order valence-electron chi connectivity index (χ0n) is 19.4. The molecule has 0 saturated heterocycles. The number of benzene rings is 1.